The molecule has 0 radical (unpaired) electrons. The number of morpholine rings is 1. The Morgan fingerprint density at radius 2 is 1.96 bits per heavy atom. The zero-order valence-electron chi connectivity index (χ0n) is 15.9. The largest absolute Gasteiger partial charge is 0.372 e. The Morgan fingerprint density at radius 3 is 2.68 bits per heavy atom. The van der Waals surface area contributed by atoms with Crippen molar-refractivity contribution in [2.24, 2.45) is 0 Å². The van der Waals surface area contributed by atoms with E-state index in [0.29, 0.717) is 43.3 Å². The van der Waals surface area contributed by atoms with Gasteiger partial charge < -0.3 is 14.5 Å². The third kappa shape index (κ3) is 3.52. The lowest BCUT2D eigenvalue weighted by atomic mass is 10.1. The van der Waals surface area contributed by atoms with E-state index >= 15 is 0 Å². The van der Waals surface area contributed by atoms with Crippen molar-refractivity contribution in [3.05, 3.63) is 57.3 Å². The molecule has 0 bridgehead atoms. The lowest BCUT2D eigenvalue weighted by Gasteiger charge is -2.36. The highest BCUT2D eigenvalue weighted by Gasteiger charge is 2.29. The van der Waals surface area contributed by atoms with Gasteiger partial charge in [-0.15, -0.1) is 0 Å². The van der Waals surface area contributed by atoms with Gasteiger partial charge in [0, 0.05) is 25.2 Å². The maximum atomic E-state index is 14.0. The average molecular weight is 386 g/mol. The summed E-state index contributed by atoms with van der Waals surface area (Å²) >= 11 is 0. The third-order valence-corrected chi connectivity index (χ3v) is 5.17. The molecule has 1 fully saturated rings. The summed E-state index contributed by atoms with van der Waals surface area (Å²) in [5.74, 6) is -0.443. The summed E-state index contributed by atoms with van der Waals surface area (Å²) in [4.78, 5) is 36.4. The summed E-state index contributed by atoms with van der Waals surface area (Å²) in [6.07, 6.45) is 0.460. The number of carbonyl (C=O) groups excluding carboxylic acids is 1. The zero-order valence-corrected chi connectivity index (χ0v) is 15.9. The SMILES string of the molecule is CC1CN(c2nc3c(c(=O)[nH]2)CCN(C(=O)c2ccccc2F)C3)CC(C)O1. The number of rotatable bonds is 2. The summed E-state index contributed by atoms with van der Waals surface area (Å²) in [5, 5.41) is 0. The van der Waals surface area contributed by atoms with Crippen molar-refractivity contribution >= 4 is 11.9 Å². The number of aromatic amines is 1. The first-order chi connectivity index (χ1) is 13.4. The molecule has 4 rings (SSSR count). The Labute approximate surface area is 162 Å². The van der Waals surface area contributed by atoms with E-state index in [4.69, 9.17) is 4.74 Å². The molecular weight excluding hydrogens is 363 g/mol. The number of anilines is 1. The van der Waals surface area contributed by atoms with E-state index in [0.717, 1.165) is 0 Å². The summed E-state index contributed by atoms with van der Waals surface area (Å²) < 4.78 is 19.7. The quantitative estimate of drug-likeness (QED) is 0.850. The first-order valence-corrected chi connectivity index (χ1v) is 9.48. The van der Waals surface area contributed by atoms with Crippen molar-refractivity contribution in [3.8, 4) is 0 Å². The van der Waals surface area contributed by atoms with E-state index in [-0.39, 0.29) is 35.8 Å². The molecular formula is C20H23FN4O3. The van der Waals surface area contributed by atoms with Gasteiger partial charge >= 0.3 is 0 Å². The lowest BCUT2D eigenvalue weighted by Crippen LogP contribution is -2.47. The predicted molar refractivity (Wildman–Crippen MR) is 102 cm³/mol. The molecule has 3 heterocycles. The number of ether oxygens (including phenoxy) is 1. The standard InChI is InChI=1S/C20H23FN4O3/c1-12-9-25(10-13(2)28-12)20-22-17-11-24(8-7-15(17)18(26)23-20)19(27)14-5-3-4-6-16(14)21/h3-6,12-13H,7-11H2,1-2H3,(H,22,23,26). The molecule has 28 heavy (non-hydrogen) atoms. The minimum atomic E-state index is -0.547. The smallest absolute Gasteiger partial charge is 0.257 e. The summed E-state index contributed by atoms with van der Waals surface area (Å²) in [6.45, 7) is 5.76. The van der Waals surface area contributed by atoms with Crippen LogP contribution >= 0.6 is 0 Å². The number of amides is 1. The van der Waals surface area contributed by atoms with Gasteiger partial charge in [0.15, 0.2) is 0 Å². The molecule has 1 saturated heterocycles. The Kier molecular flexibility index (Phi) is 4.89. The molecule has 1 aromatic heterocycles. The maximum Gasteiger partial charge on any atom is 0.257 e. The second-order valence-corrected chi connectivity index (χ2v) is 7.43. The van der Waals surface area contributed by atoms with Crippen molar-refractivity contribution in [1.29, 1.82) is 0 Å². The van der Waals surface area contributed by atoms with Crippen LogP contribution in [0.25, 0.3) is 0 Å². The van der Waals surface area contributed by atoms with Crippen molar-refractivity contribution < 1.29 is 13.9 Å². The number of halogens is 1. The van der Waals surface area contributed by atoms with E-state index < -0.39 is 5.82 Å². The molecule has 0 spiro atoms. The molecule has 0 saturated carbocycles. The third-order valence-electron chi connectivity index (χ3n) is 5.17. The predicted octanol–water partition coefficient (Wildman–Crippen LogP) is 1.72. The highest BCUT2D eigenvalue weighted by atomic mass is 19.1. The molecule has 2 atom stereocenters. The van der Waals surface area contributed by atoms with E-state index in [1.54, 1.807) is 17.0 Å². The molecule has 2 aromatic rings. The van der Waals surface area contributed by atoms with Crippen LogP contribution in [0.1, 0.15) is 35.5 Å². The number of hydrogen-bond acceptors (Lipinski definition) is 5. The summed E-state index contributed by atoms with van der Waals surface area (Å²) in [7, 11) is 0. The number of hydrogen-bond donors (Lipinski definition) is 1. The number of nitrogens with zero attached hydrogens (tertiary/aromatic N) is 3. The van der Waals surface area contributed by atoms with Gasteiger partial charge in [0.2, 0.25) is 5.95 Å². The summed E-state index contributed by atoms with van der Waals surface area (Å²) in [5.41, 5.74) is 1.02. The minimum Gasteiger partial charge on any atom is -0.372 e. The Morgan fingerprint density at radius 1 is 1.25 bits per heavy atom. The van der Waals surface area contributed by atoms with Gasteiger partial charge in [0.25, 0.3) is 11.5 Å². The molecule has 1 aromatic carbocycles. The second kappa shape index (κ2) is 7.35. The first-order valence-electron chi connectivity index (χ1n) is 9.48. The topological polar surface area (TPSA) is 78.5 Å². The molecule has 2 aliphatic rings. The van der Waals surface area contributed by atoms with Gasteiger partial charge in [-0.25, -0.2) is 9.37 Å². The van der Waals surface area contributed by atoms with Gasteiger partial charge in [-0.05, 0) is 32.4 Å². The minimum absolute atomic E-state index is 0.0317. The van der Waals surface area contributed by atoms with Crippen LogP contribution < -0.4 is 10.5 Å². The van der Waals surface area contributed by atoms with Crippen LogP contribution in [0.3, 0.4) is 0 Å². The van der Waals surface area contributed by atoms with Crippen molar-refractivity contribution in [2.45, 2.75) is 39.0 Å². The molecule has 8 heteroatoms. The molecule has 2 aliphatic heterocycles. The Bertz CT molecular complexity index is 951. The van der Waals surface area contributed by atoms with E-state index in [2.05, 4.69) is 9.97 Å². The fourth-order valence-corrected chi connectivity index (χ4v) is 3.91. The Hall–Kier alpha value is -2.74. The van der Waals surface area contributed by atoms with Crippen LogP contribution in [0.5, 0.6) is 0 Å². The molecule has 148 valence electrons. The van der Waals surface area contributed by atoms with Gasteiger partial charge in [-0.3, -0.25) is 14.6 Å². The second-order valence-electron chi connectivity index (χ2n) is 7.43. The molecule has 1 amide bonds. The highest BCUT2D eigenvalue weighted by Crippen LogP contribution is 2.21. The molecule has 0 aliphatic carbocycles. The van der Waals surface area contributed by atoms with E-state index in [9.17, 15) is 14.0 Å². The van der Waals surface area contributed by atoms with Gasteiger partial charge in [-0.2, -0.15) is 0 Å². The molecule has 1 N–H and O–H groups in total. The number of nitrogens with one attached hydrogen (secondary N) is 1. The first kappa shape index (κ1) is 18.6. The fourth-order valence-electron chi connectivity index (χ4n) is 3.91. The highest BCUT2D eigenvalue weighted by molar-refractivity contribution is 5.94. The number of aromatic nitrogens is 2. The van der Waals surface area contributed by atoms with E-state index in [1.807, 2.05) is 18.7 Å². The normalized spacial score (nSPS) is 22.1. The lowest BCUT2D eigenvalue weighted by molar-refractivity contribution is -0.00575. The number of H-pyrrole nitrogens is 1. The molecule has 7 nitrogen and oxygen atoms in total. The fraction of sp³-hybridized carbons (Fsp3) is 0.450. The van der Waals surface area contributed by atoms with Crippen molar-refractivity contribution in [1.82, 2.24) is 14.9 Å². The number of benzene rings is 1. The number of fused-ring (bicyclic) bond motifs is 1. The van der Waals surface area contributed by atoms with Gasteiger partial charge in [0.05, 0.1) is 30.0 Å². The summed E-state index contributed by atoms with van der Waals surface area (Å²) in [6, 6.07) is 5.93. The Balaban J connectivity index is 1.61. The van der Waals surface area contributed by atoms with Crippen LogP contribution in [0.4, 0.5) is 10.3 Å². The zero-order chi connectivity index (χ0) is 19.8. The van der Waals surface area contributed by atoms with Crippen LogP contribution in [-0.2, 0) is 17.7 Å². The molecule has 2 unspecified atom stereocenters. The average Bonchev–Trinajstić information content (AvgIpc) is 2.66. The monoisotopic (exact) mass is 386 g/mol. The van der Waals surface area contributed by atoms with Gasteiger partial charge in [0.1, 0.15) is 5.82 Å². The van der Waals surface area contributed by atoms with Crippen LogP contribution in [0, 0.1) is 5.82 Å². The van der Waals surface area contributed by atoms with Crippen molar-refractivity contribution in [3.63, 3.8) is 0 Å². The van der Waals surface area contributed by atoms with Crippen LogP contribution in [0.15, 0.2) is 29.1 Å². The maximum absolute atomic E-state index is 14.0. The van der Waals surface area contributed by atoms with Crippen molar-refractivity contribution in [2.75, 3.05) is 24.5 Å². The van der Waals surface area contributed by atoms with Crippen LogP contribution in [0.2, 0.25) is 0 Å². The number of carbonyl (C=O) groups is 1. The van der Waals surface area contributed by atoms with Crippen LogP contribution in [-0.4, -0.2) is 52.6 Å². The van der Waals surface area contributed by atoms with E-state index in [1.165, 1.54) is 12.1 Å². The van der Waals surface area contributed by atoms with Gasteiger partial charge in [-0.1, -0.05) is 12.1 Å².